The molecule has 2 aliphatic carbocycles. The van der Waals surface area contributed by atoms with Gasteiger partial charge in [0.1, 0.15) is 0 Å². The number of oxime groups is 1. The van der Waals surface area contributed by atoms with Crippen molar-refractivity contribution >= 4 is 21.6 Å². The lowest BCUT2D eigenvalue weighted by atomic mass is 9.69. The summed E-state index contributed by atoms with van der Waals surface area (Å²) in [7, 11) is -3.62. The fraction of sp³-hybridized carbons (Fsp3) is 0.636. The van der Waals surface area contributed by atoms with Gasteiger partial charge in [0.15, 0.2) is 0 Å². The fourth-order valence-electron chi connectivity index (χ4n) is 6.36. The molecule has 0 N–H and O–H groups in total. The molecule has 2 aliphatic heterocycles. The van der Waals surface area contributed by atoms with Crippen LogP contribution in [0.3, 0.4) is 0 Å². The van der Waals surface area contributed by atoms with E-state index in [4.69, 9.17) is 4.84 Å². The van der Waals surface area contributed by atoms with E-state index in [1.54, 1.807) is 0 Å². The molecular weight excluding hydrogens is 388 g/mol. The molecule has 2 saturated carbocycles. The average Bonchev–Trinajstić information content (AvgIpc) is 3.36. The van der Waals surface area contributed by atoms with Crippen LogP contribution in [0.1, 0.15) is 51.5 Å². The summed E-state index contributed by atoms with van der Waals surface area (Å²) in [4.78, 5) is 18.7. The molecule has 1 aromatic carbocycles. The van der Waals surface area contributed by atoms with E-state index in [1.165, 1.54) is 9.87 Å². The van der Waals surface area contributed by atoms with Gasteiger partial charge < -0.3 is 4.84 Å². The lowest BCUT2D eigenvalue weighted by Crippen LogP contribution is -2.47. The van der Waals surface area contributed by atoms with Crippen LogP contribution in [0.25, 0.3) is 0 Å². The number of carbonyl (C=O) groups is 1. The molecule has 5 rings (SSSR count). The molecule has 3 fully saturated rings. The van der Waals surface area contributed by atoms with Gasteiger partial charge >= 0.3 is 0 Å². The molecule has 2 heterocycles. The predicted octanol–water partition coefficient (Wildman–Crippen LogP) is 3.13. The number of carbonyl (C=O) groups excluding carboxylic acids is 1. The number of amides is 1. The minimum atomic E-state index is -3.62. The third-order valence-electron chi connectivity index (χ3n) is 8.18. The van der Waals surface area contributed by atoms with Gasteiger partial charge in [0, 0.05) is 11.8 Å². The number of fused-ring (bicyclic) bond motifs is 1. The first kappa shape index (κ1) is 19.1. The van der Waals surface area contributed by atoms with E-state index in [0.29, 0.717) is 18.8 Å². The van der Waals surface area contributed by atoms with Crippen LogP contribution in [-0.4, -0.2) is 42.2 Å². The van der Waals surface area contributed by atoms with Crippen LogP contribution >= 0.6 is 0 Å². The monoisotopic (exact) mass is 416 g/mol. The molecule has 1 amide bonds. The van der Waals surface area contributed by atoms with Crippen molar-refractivity contribution in [2.75, 3.05) is 5.75 Å². The van der Waals surface area contributed by atoms with Gasteiger partial charge in [-0.3, -0.25) is 4.79 Å². The maximum atomic E-state index is 13.3. The third-order valence-corrected chi connectivity index (χ3v) is 10.1. The van der Waals surface area contributed by atoms with Gasteiger partial charge in [-0.1, -0.05) is 49.3 Å². The Bertz CT molecular complexity index is 972. The smallest absolute Gasteiger partial charge is 0.280 e. The van der Waals surface area contributed by atoms with Crippen LogP contribution in [0.2, 0.25) is 0 Å². The average molecular weight is 417 g/mol. The maximum absolute atomic E-state index is 13.3. The van der Waals surface area contributed by atoms with Crippen molar-refractivity contribution in [2.24, 2.45) is 21.9 Å². The Labute approximate surface area is 172 Å². The molecule has 1 spiro atoms. The zero-order valence-corrected chi connectivity index (χ0v) is 17.8. The Morgan fingerprint density at radius 2 is 2.00 bits per heavy atom. The third kappa shape index (κ3) is 2.69. The van der Waals surface area contributed by atoms with Crippen molar-refractivity contribution in [3.05, 3.63) is 35.9 Å². The molecule has 1 aromatic rings. The minimum Gasteiger partial charge on any atom is -0.382 e. The fourth-order valence-corrected chi connectivity index (χ4v) is 8.93. The largest absolute Gasteiger partial charge is 0.382 e. The Hall–Kier alpha value is -1.89. The van der Waals surface area contributed by atoms with E-state index in [1.807, 2.05) is 18.2 Å². The molecule has 0 unspecified atom stereocenters. The molecule has 29 heavy (non-hydrogen) atoms. The van der Waals surface area contributed by atoms with Gasteiger partial charge in [0.05, 0.1) is 17.5 Å². The van der Waals surface area contributed by atoms with E-state index < -0.39 is 22.0 Å². The van der Waals surface area contributed by atoms with Gasteiger partial charge in [-0.2, -0.15) is 0 Å². The SMILES string of the molecule is CC1(C)[C@@H]2CC[C@]13CS(=O)(=O)N(C(=O)[C@H]1CC(CCc4ccccc4)=NO1)[C@@H]3C2. The number of benzene rings is 1. The highest BCUT2D eigenvalue weighted by Gasteiger charge is 2.72. The Morgan fingerprint density at radius 3 is 2.72 bits per heavy atom. The second-order valence-corrected chi connectivity index (χ2v) is 11.5. The highest BCUT2D eigenvalue weighted by molar-refractivity contribution is 7.90. The molecular formula is C22H28N2O4S. The van der Waals surface area contributed by atoms with E-state index >= 15 is 0 Å². The summed E-state index contributed by atoms with van der Waals surface area (Å²) < 4.78 is 27.3. The molecule has 0 radical (unpaired) electrons. The maximum Gasteiger partial charge on any atom is 0.280 e. The first-order chi connectivity index (χ1) is 13.7. The summed E-state index contributed by atoms with van der Waals surface area (Å²) in [6, 6.07) is 9.89. The van der Waals surface area contributed by atoms with Crippen LogP contribution in [0.4, 0.5) is 0 Å². The molecule has 1 saturated heterocycles. The summed E-state index contributed by atoms with van der Waals surface area (Å²) in [5, 5.41) is 4.11. The van der Waals surface area contributed by atoms with Gasteiger partial charge in [0.25, 0.3) is 5.91 Å². The number of sulfonamides is 1. The first-order valence-corrected chi connectivity index (χ1v) is 12.2. The van der Waals surface area contributed by atoms with Gasteiger partial charge in [-0.15, -0.1) is 0 Å². The van der Waals surface area contributed by atoms with E-state index in [0.717, 1.165) is 31.4 Å². The van der Waals surface area contributed by atoms with Crippen molar-refractivity contribution in [1.29, 1.82) is 0 Å². The van der Waals surface area contributed by atoms with Crippen molar-refractivity contribution in [1.82, 2.24) is 4.31 Å². The predicted molar refractivity (Wildman–Crippen MR) is 110 cm³/mol. The Kier molecular flexibility index (Phi) is 4.15. The standard InChI is InChI=1S/C22H28N2O4S/c1-21(2)16-10-11-22(21)14-29(26,27)24(19(22)12-16)20(25)18-13-17(23-28-18)9-8-15-6-4-3-5-7-15/h3-7,16,18-19H,8-14H2,1-2H3/t16-,18-,19-,22-/m1/s1. The lowest BCUT2D eigenvalue weighted by molar-refractivity contribution is -0.139. The number of aryl methyl sites for hydroxylation is 1. The number of rotatable bonds is 4. The number of nitrogens with zero attached hydrogens (tertiary/aromatic N) is 2. The zero-order valence-electron chi connectivity index (χ0n) is 17.0. The zero-order chi connectivity index (χ0) is 20.4. The van der Waals surface area contributed by atoms with Crippen LogP contribution < -0.4 is 0 Å². The first-order valence-electron chi connectivity index (χ1n) is 10.6. The van der Waals surface area contributed by atoms with Crippen LogP contribution in [0.5, 0.6) is 0 Å². The van der Waals surface area contributed by atoms with Crippen molar-refractivity contribution in [3.63, 3.8) is 0 Å². The van der Waals surface area contributed by atoms with Crippen molar-refractivity contribution < 1.29 is 18.0 Å². The second kappa shape index (κ2) is 6.30. The molecule has 0 aromatic heterocycles. The normalized spacial score (nSPS) is 36.0. The summed E-state index contributed by atoms with van der Waals surface area (Å²) in [6.07, 6.45) is 3.84. The lowest BCUT2D eigenvalue weighted by Gasteiger charge is -2.37. The van der Waals surface area contributed by atoms with Crippen molar-refractivity contribution in [2.45, 2.75) is 64.5 Å². The van der Waals surface area contributed by atoms with E-state index in [2.05, 4.69) is 31.1 Å². The summed E-state index contributed by atoms with van der Waals surface area (Å²) >= 11 is 0. The topological polar surface area (TPSA) is 76.0 Å². The van der Waals surface area contributed by atoms with Crippen molar-refractivity contribution in [3.8, 4) is 0 Å². The van der Waals surface area contributed by atoms with Crippen LogP contribution in [0.15, 0.2) is 35.5 Å². The van der Waals surface area contributed by atoms with Crippen LogP contribution in [-0.2, 0) is 26.1 Å². The number of hydrogen-bond donors (Lipinski definition) is 0. The second-order valence-electron chi connectivity index (χ2n) is 9.70. The highest BCUT2D eigenvalue weighted by atomic mass is 32.2. The van der Waals surface area contributed by atoms with Gasteiger partial charge in [0.2, 0.25) is 16.1 Å². The number of hydrogen-bond acceptors (Lipinski definition) is 5. The summed E-state index contributed by atoms with van der Waals surface area (Å²) in [6.45, 7) is 4.37. The minimum absolute atomic E-state index is 0.0480. The Balaban J connectivity index is 1.29. The van der Waals surface area contributed by atoms with E-state index in [9.17, 15) is 13.2 Å². The van der Waals surface area contributed by atoms with Gasteiger partial charge in [-0.05, 0) is 49.0 Å². The van der Waals surface area contributed by atoms with Gasteiger partial charge in [-0.25, -0.2) is 12.7 Å². The highest BCUT2D eigenvalue weighted by Crippen LogP contribution is 2.70. The molecule has 6 nitrogen and oxygen atoms in total. The molecule has 7 heteroatoms. The summed E-state index contributed by atoms with van der Waals surface area (Å²) in [5.41, 5.74) is 1.68. The van der Waals surface area contributed by atoms with Crippen LogP contribution in [0, 0.1) is 16.7 Å². The quantitative estimate of drug-likeness (QED) is 0.756. The summed E-state index contributed by atoms with van der Waals surface area (Å²) in [5.74, 6) is 0.156. The molecule has 156 valence electrons. The van der Waals surface area contributed by atoms with E-state index in [-0.39, 0.29) is 22.6 Å². The molecule has 4 atom stereocenters. The molecule has 4 aliphatic rings. The Morgan fingerprint density at radius 1 is 1.24 bits per heavy atom. The molecule has 2 bridgehead atoms.